The van der Waals surface area contributed by atoms with Crippen LogP contribution in [0.3, 0.4) is 0 Å². The maximum absolute atomic E-state index is 5.28. The number of hydrogen-bond acceptors (Lipinski definition) is 5. The summed E-state index contributed by atoms with van der Waals surface area (Å²) in [6, 6.07) is 0.249. The number of methoxy groups -OCH3 is 1. The largest absolute Gasteiger partial charge is 0.383 e. The minimum Gasteiger partial charge on any atom is -0.383 e. The van der Waals surface area contributed by atoms with Crippen molar-refractivity contribution in [3.63, 3.8) is 0 Å². The van der Waals surface area contributed by atoms with Gasteiger partial charge in [0, 0.05) is 19.2 Å². The first-order valence-electron chi connectivity index (χ1n) is 7.47. The number of hydrogen-bond donors (Lipinski definition) is 2. The van der Waals surface area contributed by atoms with E-state index < -0.39 is 0 Å². The lowest BCUT2D eigenvalue weighted by molar-refractivity contribution is 0.171. The van der Waals surface area contributed by atoms with E-state index in [-0.39, 0.29) is 6.04 Å². The van der Waals surface area contributed by atoms with Crippen LogP contribution in [0, 0.1) is 5.92 Å². The Hall–Kier alpha value is -1.36. The zero-order valence-corrected chi connectivity index (χ0v) is 13.4. The van der Waals surface area contributed by atoms with Crippen LogP contribution in [-0.2, 0) is 11.2 Å². The molecule has 0 aliphatic rings. The number of ether oxygens (including phenoxy) is 1. The van der Waals surface area contributed by atoms with Gasteiger partial charge in [0.1, 0.15) is 18.0 Å². The minimum absolute atomic E-state index is 0.249. The van der Waals surface area contributed by atoms with E-state index in [4.69, 9.17) is 4.74 Å². The molecule has 0 spiro atoms. The summed E-state index contributed by atoms with van der Waals surface area (Å²) in [5.74, 6) is 2.32. The van der Waals surface area contributed by atoms with Gasteiger partial charge in [-0.25, -0.2) is 9.97 Å². The highest BCUT2D eigenvalue weighted by Crippen LogP contribution is 2.22. The second-order valence-corrected chi connectivity index (χ2v) is 5.28. The fourth-order valence-electron chi connectivity index (χ4n) is 2.02. The number of rotatable bonds is 9. The van der Waals surface area contributed by atoms with Crippen molar-refractivity contribution in [2.75, 3.05) is 30.9 Å². The molecule has 1 rings (SSSR count). The molecule has 114 valence electrons. The fourth-order valence-corrected chi connectivity index (χ4v) is 2.02. The summed E-state index contributed by atoms with van der Waals surface area (Å²) in [6.45, 7) is 10.2. The predicted octanol–water partition coefficient (Wildman–Crippen LogP) is 2.94. The molecule has 0 aromatic carbocycles. The van der Waals surface area contributed by atoms with E-state index in [0.29, 0.717) is 12.5 Å². The van der Waals surface area contributed by atoms with Gasteiger partial charge < -0.3 is 15.4 Å². The Bertz CT molecular complexity index is 395. The molecule has 0 saturated carbocycles. The monoisotopic (exact) mass is 280 g/mol. The molecule has 0 fully saturated rings. The third-order valence-corrected chi connectivity index (χ3v) is 3.31. The maximum Gasteiger partial charge on any atom is 0.135 e. The van der Waals surface area contributed by atoms with Gasteiger partial charge in [0.2, 0.25) is 0 Å². The predicted molar refractivity (Wildman–Crippen MR) is 84.3 cm³/mol. The Labute approximate surface area is 122 Å². The zero-order valence-electron chi connectivity index (χ0n) is 13.4. The molecule has 0 aliphatic carbocycles. The van der Waals surface area contributed by atoms with Crippen molar-refractivity contribution >= 4 is 11.6 Å². The van der Waals surface area contributed by atoms with Crippen molar-refractivity contribution < 1.29 is 4.74 Å². The van der Waals surface area contributed by atoms with Gasteiger partial charge in [-0.1, -0.05) is 27.7 Å². The van der Waals surface area contributed by atoms with Gasteiger partial charge in [0.25, 0.3) is 0 Å². The second-order valence-electron chi connectivity index (χ2n) is 5.28. The summed E-state index contributed by atoms with van der Waals surface area (Å²) in [4.78, 5) is 8.76. The quantitative estimate of drug-likeness (QED) is 0.728. The molecule has 1 aromatic rings. The van der Waals surface area contributed by atoms with Crippen LogP contribution in [0.15, 0.2) is 6.33 Å². The van der Waals surface area contributed by atoms with Gasteiger partial charge in [0.15, 0.2) is 0 Å². The highest BCUT2D eigenvalue weighted by atomic mass is 16.5. The van der Waals surface area contributed by atoms with Gasteiger partial charge in [-0.15, -0.1) is 0 Å². The van der Waals surface area contributed by atoms with Crippen LogP contribution in [-0.4, -0.2) is 36.3 Å². The minimum atomic E-state index is 0.249. The molecule has 5 nitrogen and oxygen atoms in total. The average Bonchev–Trinajstić information content (AvgIpc) is 2.44. The van der Waals surface area contributed by atoms with E-state index in [1.54, 1.807) is 13.4 Å². The van der Waals surface area contributed by atoms with Gasteiger partial charge in [-0.3, -0.25) is 0 Å². The van der Waals surface area contributed by atoms with Crippen molar-refractivity contribution in [2.45, 2.75) is 46.6 Å². The van der Waals surface area contributed by atoms with Crippen molar-refractivity contribution in [2.24, 2.45) is 5.92 Å². The van der Waals surface area contributed by atoms with Crippen LogP contribution in [0.1, 0.15) is 39.7 Å². The lowest BCUT2D eigenvalue weighted by atomic mass is 10.0. The third kappa shape index (κ3) is 4.63. The first-order chi connectivity index (χ1) is 9.63. The molecule has 20 heavy (non-hydrogen) atoms. The Morgan fingerprint density at radius 2 is 1.90 bits per heavy atom. The normalized spacial score (nSPS) is 12.5. The summed E-state index contributed by atoms with van der Waals surface area (Å²) in [7, 11) is 1.73. The smallest absolute Gasteiger partial charge is 0.135 e. The lowest BCUT2D eigenvalue weighted by Crippen LogP contribution is -2.31. The van der Waals surface area contributed by atoms with Gasteiger partial charge >= 0.3 is 0 Å². The highest BCUT2D eigenvalue weighted by Gasteiger charge is 2.17. The van der Waals surface area contributed by atoms with Crippen molar-refractivity contribution in [1.29, 1.82) is 0 Å². The molecule has 0 aliphatic heterocycles. The van der Waals surface area contributed by atoms with Crippen molar-refractivity contribution in [3.8, 4) is 0 Å². The van der Waals surface area contributed by atoms with Crippen LogP contribution in [0.2, 0.25) is 0 Å². The van der Waals surface area contributed by atoms with E-state index in [9.17, 15) is 0 Å². The first-order valence-corrected chi connectivity index (χ1v) is 7.47. The molecule has 0 radical (unpaired) electrons. The molecule has 1 heterocycles. The molecular formula is C15H28N4O. The Morgan fingerprint density at radius 3 is 2.45 bits per heavy atom. The highest BCUT2D eigenvalue weighted by molar-refractivity contribution is 5.57. The number of nitrogens with one attached hydrogen (secondary N) is 2. The molecule has 1 aromatic heterocycles. The second kappa shape index (κ2) is 8.74. The van der Waals surface area contributed by atoms with Crippen LogP contribution < -0.4 is 10.6 Å². The molecule has 0 bridgehead atoms. The van der Waals surface area contributed by atoms with Crippen LogP contribution in [0.5, 0.6) is 0 Å². The first kappa shape index (κ1) is 16.7. The third-order valence-electron chi connectivity index (χ3n) is 3.31. The topological polar surface area (TPSA) is 59.1 Å². The number of aromatic nitrogens is 2. The van der Waals surface area contributed by atoms with Crippen molar-refractivity contribution in [1.82, 2.24) is 9.97 Å². The van der Waals surface area contributed by atoms with Gasteiger partial charge in [0.05, 0.1) is 12.6 Å². The summed E-state index contributed by atoms with van der Waals surface area (Å²) >= 11 is 0. The van der Waals surface area contributed by atoms with Crippen LogP contribution >= 0.6 is 0 Å². The molecule has 5 heteroatoms. The van der Waals surface area contributed by atoms with Crippen LogP contribution in [0.25, 0.3) is 0 Å². The lowest BCUT2D eigenvalue weighted by Gasteiger charge is -2.24. The molecular weight excluding hydrogens is 252 g/mol. The van der Waals surface area contributed by atoms with E-state index in [0.717, 1.165) is 36.6 Å². The molecule has 0 saturated heterocycles. The zero-order chi connectivity index (χ0) is 15.0. The Kier molecular flexibility index (Phi) is 7.30. The van der Waals surface area contributed by atoms with Crippen LogP contribution in [0.4, 0.5) is 11.6 Å². The number of nitrogens with zero attached hydrogens (tertiary/aromatic N) is 2. The standard InChI is InChI=1S/C15H28N4O/c1-6-8-16-14-12(7-2)15(18-10-17-14)19-13(9-20-5)11(3)4/h10-11,13H,6-9H2,1-5H3,(H2,16,17,18,19). The summed E-state index contributed by atoms with van der Waals surface area (Å²) < 4.78 is 5.28. The number of anilines is 2. The molecule has 1 unspecified atom stereocenters. The average molecular weight is 280 g/mol. The summed E-state index contributed by atoms with van der Waals surface area (Å²) in [5, 5.41) is 6.87. The van der Waals surface area contributed by atoms with Gasteiger partial charge in [-0.05, 0) is 18.8 Å². The van der Waals surface area contributed by atoms with E-state index in [2.05, 4.69) is 48.3 Å². The molecule has 1 atom stereocenters. The van der Waals surface area contributed by atoms with Crippen molar-refractivity contribution in [3.05, 3.63) is 11.9 Å². The summed E-state index contributed by atoms with van der Waals surface area (Å²) in [6.07, 6.45) is 3.59. The SMILES string of the molecule is CCCNc1ncnc(NC(COC)C(C)C)c1CC. The maximum atomic E-state index is 5.28. The van der Waals surface area contributed by atoms with E-state index >= 15 is 0 Å². The Morgan fingerprint density at radius 1 is 1.20 bits per heavy atom. The summed E-state index contributed by atoms with van der Waals surface area (Å²) in [5.41, 5.74) is 1.14. The molecule has 0 amide bonds. The van der Waals surface area contributed by atoms with E-state index in [1.807, 2.05) is 0 Å². The molecule has 2 N–H and O–H groups in total. The Balaban J connectivity index is 2.92. The van der Waals surface area contributed by atoms with Gasteiger partial charge in [-0.2, -0.15) is 0 Å². The van der Waals surface area contributed by atoms with E-state index in [1.165, 1.54) is 0 Å². The fraction of sp³-hybridized carbons (Fsp3) is 0.733.